The maximum Gasteiger partial charge on any atom is 0.227 e. The number of rotatable bonds is 5. The zero-order valence-corrected chi connectivity index (χ0v) is 19.4. The van der Waals surface area contributed by atoms with Crippen LogP contribution in [0.15, 0.2) is 66.2 Å². The van der Waals surface area contributed by atoms with E-state index in [1.807, 2.05) is 48.7 Å². The van der Waals surface area contributed by atoms with Gasteiger partial charge in [-0.05, 0) is 37.1 Å². The molecule has 6 rings (SSSR count). The van der Waals surface area contributed by atoms with Gasteiger partial charge in [0.25, 0.3) is 0 Å². The number of nitrogens with one attached hydrogen (secondary N) is 1. The average molecular weight is 473 g/mol. The van der Waals surface area contributed by atoms with Gasteiger partial charge in [-0.25, -0.2) is 9.67 Å². The minimum Gasteiger partial charge on any atom is -0.355 e. The van der Waals surface area contributed by atoms with Crippen molar-refractivity contribution >= 4 is 29.2 Å². The molecule has 1 aromatic carbocycles. The Hall–Kier alpha value is -3.66. The fourth-order valence-corrected chi connectivity index (χ4v) is 5.42. The first-order valence-electron chi connectivity index (χ1n) is 11.4. The SMILES string of the molecule is O=C(Nc1ccccc1-c1cn2c(n1)SCC2)C1CCN(c2ccc(-n3cccn3)nn2)CC1. The summed E-state index contributed by atoms with van der Waals surface area (Å²) in [6, 6.07) is 13.6. The molecule has 4 aromatic rings. The van der Waals surface area contributed by atoms with Crippen LogP contribution in [0.4, 0.5) is 11.5 Å². The van der Waals surface area contributed by atoms with Crippen LogP contribution in [0.2, 0.25) is 0 Å². The number of aryl methyl sites for hydroxylation is 1. The van der Waals surface area contributed by atoms with Crippen molar-refractivity contribution in [2.24, 2.45) is 5.92 Å². The molecular weight excluding hydrogens is 448 g/mol. The quantitative estimate of drug-likeness (QED) is 0.475. The van der Waals surface area contributed by atoms with E-state index in [1.54, 1.807) is 22.6 Å². The van der Waals surface area contributed by atoms with Crippen LogP contribution < -0.4 is 10.2 Å². The summed E-state index contributed by atoms with van der Waals surface area (Å²) >= 11 is 1.77. The predicted octanol–water partition coefficient (Wildman–Crippen LogP) is 3.49. The molecule has 0 saturated carbocycles. The van der Waals surface area contributed by atoms with E-state index in [0.29, 0.717) is 5.82 Å². The summed E-state index contributed by atoms with van der Waals surface area (Å²) in [6.07, 6.45) is 7.17. The highest BCUT2D eigenvalue weighted by Gasteiger charge is 2.27. The van der Waals surface area contributed by atoms with E-state index in [-0.39, 0.29) is 11.8 Å². The Kier molecular flexibility index (Phi) is 5.50. The van der Waals surface area contributed by atoms with E-state index in [0.717, 1.165) is 66.1 Å². The number of anilines is 2. The van der Waals surface area contributed by atoms with Gasteiger partial charge < -0.3 is 14.8 Å². The highest BCUT2D eigenvalue weighted by molar-refractivity contribution is 7.99. The molecule has 10 heteroatoms. The van der Waals surface area contributed by atoms with Crippen molar-refractivity contribution in [1.29, 1.82) is 0 Å². The van der Waals surface area contributed by atoms with Crippen molar-refractivity contribution in [1.82, 2.24) is 29.5 Å². The standard InChI is InChI=1S/C24H24N8OS/c33-23(26-19-5-2-1-4-18(19)20-16-31-14-15-34-24(31)27-20)17-8-12-30(13-9-17)21-6-7-22(29-28-21)32-11-3-10-25-32/h1-7,10-11,16-17H,8-9,12-15H2,(H,26,33). The molecule has 1 fully saturated rings. The number of fused-ring (bicyclic) bond motifs is 1. The number of aromatic nitrogens is 6. The van der Waals surface area contributed by atoms with Crippen LogP contribution in [0.1, 0.15) is 12.8 Å². The number of thioether (sulfide) groups is 1. The molecule has 2 aliphatic heterocycles. The zero-order chi connectivity index (χ0) is 22.9. The number of piperidine rings is 1. The van der Waals surface area contributed by atoms with Gasteiger partial charge in [0, 0.05) is 55.5 Å². The highest BCUT2D eigenvalue weighted by atomic mass is 32.2. The van der Waals surface area contributed by atoms with Gasteiger partial charge in [0.15, 0.2) is 16.8 Å². The Labute approximate surface area is 201 Å². The van der Waals surface area contributed by atoms with E-state index >= 15 is 0 Å². The number of benzene rings is 1. The lowest BCUT2D eigenvalue weighted by atomic mass is 9.95. The lowest BCUT2D eigenvalue weighted by Crippen LogP contribution is -2.38. The lowest BCUT2D eigenvalue weighted by Gasteiger charge is -2.32. The first-order chi connectivity index (χ1) is 16.7. The summed E-state index contributed by atoms with van der Waals surface area (Å²) in [4.78, 5) is 20.1. The Balaban J connectivity index is 1.10. The fourth-order valence-electron chi connectivity index (χ4n) is 4.47. The van der Waals surface area contributed by atoms with Gasteiger partial charge in [-0.3, -0.25) is 4.79 Å². The molecule has 0 bridgehead atoms. The van der Waals surface area contributed by atoms with Gasteiger partial charge in [-0.2, -0.15) is 5.10 Å². The molecule has 1 amide bonds. The molecule has 0 radical (unpaired) electrons. The number of imidazole rings is 1. The third-order valence-electron chi connectivity index (χ3n) is 6.33. The summed E-state index contributed by atoms with van der Waals surface area (Å²) in [5.74, 6) is 2.60. The molecule has 0 unspecified atom stereocenters. The van der Waals surface area contributed by atoms with Crippen molar-refractivity contribution in [2.75, 3.05) is 29.1 Å². The van der Waals surface area contributed by atoms with Crippen LogP contribution in [0, 0.1) is 5.92 Å². The topological polar surface area (TPSA) is 93.8 Å². The Morgan fingerprint density at radius 3 is 2.59 bits per heavy atom. The van der Waals surface area contributed by atoms with Crippen LogP contribution >= 0.6 is 11.8 Å². The van der Waals surface area contributed by atoms with E-state index in [4.69, 9.17) is 4.98 Å². The minimum absolute atomic E-state index is 0.0387. The van der Waals surface area contributed by atoms with Crippen LogP contribution in [0.3, 0.4) is 0 Å². The molecule has 0 atom stereocenters. The highest BCUT2D eigenvalue weighted by Crippen LogP contribution is 2.33. The largest absolute Gasteiger partial charge is 0.355 e. The number of para-hydroxylation sites is 1. The minimum atomic E-state index is -0.0387. The molecule has 34 heavy (non-hydrogen) atoms. The van der Waals surface area contributed by atoms with E-state index < -0.39 is 0 Å². The van der Waals surface area contributed by atoms with E-state index in [9.17, 15) is 4.79 Å². The maximum atomic E-state index is 13.1. The Bertz CT molecular complexity index is 1270. The van der Waals surface area contributed by atoms with E-state index in [2.05, 4.69) is 36.3 Å². The van der Waals surface area contributed by atoms with Crippen LogP contribution in [-0.4, -0.2) is 54.3 Å². The second-order valence-electron chi connectivity index (χ2n) is 8.45. The molecule has 0 aliphatic carbocycles. The second kappa shape index (κ2) is 8.94. The number of nitrogens with zero attached hydrogens (tertiary/aromatic N) is 7. The van der Waals surface area contributed by atoms with Gasteiger partial charge >= 0.3 is 0 Å². The molecule has 172 valence electrons. The van der Waals surface area contributed by atoms with Gasteiger partial charge in [-0.15, -0.1) is 10.2 Å². The average Bonchev–Trinajstić information content (AvgIpc) is 3.63. The van der Waals surface area contributed by atoms with Crippen LogP contribution in [-0.2, 0) is 11.3 Å². The van der Waals surface area contributed by atoms with Crippen LogP contribution in [0.25, 0.3) is 17.1 Å². The second-order valence-corrected chi connectivity index (χ2v) is 9.51. The van der Waals surface area contributed by atoms with Crippen LogP contribution in [0.5, 0.6) is 0 Å². The van der Waals surface area contributed by atoms with Crippen molar-refractivity contribution in [3.63, 3.8) is 0 Å². The van der Waals surface area contributed by atoms with E-state index in [1.165, 1.54) is 0 Å². The van der Waals surface area contributed by atoms with Crippen molar-refractivity contribution in [2.45, 2.75) is 24.5 Å². The fraction of sp³-hybridized carbons (Fsp3) is 0.292. The van der Waals surface area contributed by atoms with Gasteiger partial charge in [0.1, 0.15) is 0 Å². The summed E-state index contributed by atoms with van der Waals surface area (Å²) < 4.78 is 3.86. The molecule has 5 heterocycles. The Morgan fingerprint density at radius 2 is 1.82 bits per heavy atom. The predicted molar refractivity (Wildman–Crippen MR) is 131 cm³/mol. The number of carbonyl (C=O) groups excluding carboxylic acids is 1. The first-order valence-corrected chi connectivity index (χ1v) is 12.4. The van der Waals surface area contributed by atoms with Gasteiger partial charge in [-0.1, -0.05) is 30.0 Å². The summed E-state index contributed by atoms with van der Waals surface area (Å²) in [6.45, 7) is 2.51. The number of hydrogen-bond acceptors (Lipinski definition) is 7. The molecule has 0 spiro atoms. The van der Waals surface area contributed by atoms with Crippen molar-refractivity contribution in [3.05, 3.63) is 61.1 Å². The summed E-state index contributed by atoms with van der Waals surface area (Å²) in [5.41, 5.74) is 2.69. The number of hydrogen-bond donors (Lipinski definition) is 1. The smallest absolute Gasteiger partial charge is 0.227 e. The third kappa shape index (κ3) is 4.05. The monoisotopic (exact) mass is 472 g/mol. The number of amides is 1. The maximum absolute atomic E-state index is 13.1. The third-order valence-corrected chi connectivity index (χ3v) is 7.30. The molecule has 9 nitrogen and oxygen atoms in total. The summed E-state index contributed by atoms with van der Waals surface area (Å²) in [7, 11) is 0. The zero-order valence-electron chi connectivity index (χ0n) is 18.5. The summed E-state index contributed by atoms with van der Waals surface area (Å²) in [5, 5.41) is 17.0. The normalized spacial score (nSPS) is 15.9. The van der Waals surface area contributed by atoms with Crippen molar-refractivity contribution in [3.8, 4) is 17.1 Å². The first kappa shape index (κ1) is 20.9. The Morgan fingerprint density at radius 1 is 1.00 bits per heavy atom. The molecule has 3 aromatic heterocycles. The van der Waals surface area contributed by atoms with Gasteiger partial charge in [0.2, 0.25) is 5.91 Å². The number of carbonyl (C=O) groups is 1. The van der Waals surface area contributed by atoms with Gasteiger partial charge in [0.05, 0.1) is 11.4 Å². The molecule has 1 saturated heterocycles. The van der Waals surface area contributed by atoms with Crippen molar-refractivity contribution < 1.29 is 4.79 Å². The molecule has 2 aliphatic rings. The molecular formula is C24H24N8OS. The lowest BCUT2D eigenvalue weighted by molar-refractivity contribution is -0.120. The molecule has 1 N–H and O–H groups in total.